The highest BCUT2D eigenvalue weighted by Crippen LogP contribution is 2.22. The number of sulfonamides is 1. The van der Waals surface area contributed by atoms with Gasteiger partial charge in [-0.05, 0) is 48.9 Å². The van der Waals surface area contributed by atoms with Crippen molar-refractivity contribution in [3.8, 4) is 5.75 Å². The smallest absolute Gasteiger partial charge is 0.337 e. The van der Waals surface area contributed by atoms with E-state index in [1.54, 1.807) is 24.3 Å². The van der Waals surface area contributed by atoms with Gasteiger partial charge in [-0.2, -0.15) is 0 Å². The van der Waals surface area contributed by atoms with Gasteiger partial charge in [0.05, 0.1) is 44.4 Å². The largest absolute Gasteiger partial charge is 0.497 e. The lowest BCUT2D eigenvalue weighted by molar-refractivity contribution is -0.116. The van der Waals surface area contributed by atoms with E-state index in [1.165, 1.54) is 43.8 Å². The fourth-order valence-electron chi connectivity index (χ4n) is 3.01. The number of nitrogens with one attached hydrogen (secondary N) is 1. The van der Waals surface area contributed by atoms with Crippen LogP contribution in [0.1, 0.15) is 33.6 Å². The van der Waals surface area contributed by atoms with Crippen molar-refractivity contribution in [3.63, 3.8) is 0 Å². The van der Waals surface area contributed by atoms with Crippen LogP contribution >= 0.6 is 0 Å². The van der Waals surface area contributed by atoms with Crippen LogP contribution in [0.4, 0.5) is 11.4 Å². The quantitative estimate of drug-likeness (QED) is 0.516. The summed E-state index contributed by atoms with van der Waals surface area (Å²) in [5.74, 6) is -1.19. The number of rotatable bonds is 10. The molecule has 0 spiro atoms. The standard InChI is InChI=1S/C22H26N2O8S/c1-30-19-9-7-18(8-10-19)24(33(4,28)29)11-5-6-20(25)23-17-13-15(21(26)31-2)12-16(14-17)22(27)32-3/h7-10,12-14H,5-6,11H2,1-4H3,(H,23,25). The van der Waals surface area contributed by atoms with Crippen LogP contribution in [-0.4, -0.2) is 60.4 Å². The number of ether oxygens (including phenoxy) is 3. The molecule has 0 unspecified atom stereocenters. The molecule has 0 saturated carbocycles. The Kier molecular flexibility index (Phi) is 8.80. The second-order valence-electron chi connectivity index (χ2n) is 6.97. The summed E-state index contributed by atoms with van der Waals surface area (Å²) >= 11 is 0. The molecule has 0 radical (unpaired) electrons. The first kappa shape index (κ1) is 25.7. The summed E-state index contributed by atoms with van der Waals surface area (Å²) in [5, 5.41) is 2.61. The minimum atomic E-state index is -3.57. The van der Waals surface area contributed by atoms with Crippen molar-refractivity contribution in [3.05, 3.63) is 53.6 Å². The zero-order valence-electron chi connectivity index (χ0n) is 18.8. The Morgan fingerprint density at radius 3 is 1.91 bits per heavy atom. The number of nitrogens with zero attached hydrogens (tertiary/aromatic N) is 1. The fourth-order valence-corrected chi connectivity index (χ4v) is 3.98. The van der Waals surface area contributed by atoms with Gasteiger partial charge < -0.3 is 19.5 Å². The predicted octanol–water partition coefficient (Wildman–Crippen LogP) is 2.45. The summed E-state index contributed by atoms with van der Waals surface area (Å²) in [6.07, 6.45) is 1.31. The highest BCUT2D eigenvalue weighted by atomic mass is 32.2. The van der Waals surface area contributed by atoms with Crippen LogP contribution in [0.2, 0.25) is 0 Å². The molecule has 0 aliphatic rings. The molecule has 11 heteroatoms. The molecule has 10 nitrogen and oxygen atoms in total. The molecule has 2 aromatic rings. The lowest BCUT2D eigenvalue weighted by atomic mass is 10.1. The Hall–Kier alpha value is -3.60. The Labute approximate surface area is 192 Å². The van der Waals surface area contributed by atoms with Gasteiger partial charge in [0.1, 0.15) is 5.75 Å². The number of amides is 1. The van der Waals surface area contributed by atoms with E-state index in [1.807, 2.05) is 0 Å². The van der Waals surface area contributed by atoms with Gasteiger partial charge in [-0.25, -0.2) is 18.0 Å². The molecular formula is C22H26N2O8S. The molecule has 33 heavy (non-hydrogen) atoms. The monoisotopic (exact) mass is 478 g/mol. The number of hydrogen-bond donors (Lipinski definition) is 1. The second-order valence-corrected chi connectivity index (χ2v) is 8.87. The van der Waals surface area contributed by atoms with Crippen LogP contribution in [0, 0.1) is 0 Å². The summed E-state index contributed by atoms with van der Waals surface area (Å²) in [4.78, 5) is 36.2. The molecule has 0 bridgehead atoms. The van der Waals surface area contributed by atoms with Crippen LogP contribution in [-0.2, 0) is 24.3 Å². The van der Waals surface area contributed by atoms with E-state index < -0.39 is 27.9 Å². The number of carbonyl (C=O) groups excluding carboxylic acids is 3. The average Bonchev–Trinajstić information content (AvgIpc) is 2.79. The Balaban J connectivity index is 2.09. The molecule has 2 aromatic carbocycles. The van der Waals surface area contributed by atoms with Gasteiger partial charge >= 0.3 is 11.9 Å². The number of carbonyl (C=O) groups is 3. The van der Waals surface area contributed by atoms with Crippen molar-refractivity contribution in [2.24, 2.45) is 0 Å². The second kappa shape index (κ2) is 11.3. The number of hydrogen-bond acceptors (Lipinski definition) is 8. The van der Waals surface area contributed by atoms with Crippen LogP contribution in [0.25, 0.3) is 0 Å². The van der Waals surface area contributed by atoms with Gasteiger partial charge in [0.25, 0.3) is 0 Å². The third-order valence-electron chi connectivity index (χ3n) is 4.58. The first-order valence-electron chi connectivity index (χ1n) is 9.82. The highest BCUT2D eigenvalue weighted by molar-refractivity contribution is 7.92. The maximum absolute atomic E-state index is 12.4. The first-order chi connectivity index (χ1) is 15.6. The van der Waals surface area contributed by atoms with Gasteiger partial charge in [-0.15, -0.1) is 0 Å². The van der Waals surface area contributed by atoms with Crippen LogP contribution in [0.3, 0.4) is 0 Å². The molecule has 0 aromatic heterocycles. The molecule has 0 aliphatic carbocycles. The average molecular weight is 479 g/mol. The Morgan fingerprint density at radius 1 is 0.909 bits per heavy atom. The van der Waals surface area contributed by atoms with E-state index in [0.717, 1.165) is 6.26 Å². The third kappa shape index (κ3) is 7.21. The molecule has 1 N–H and O–H groups in total. The number of anilines is 2. The van der Waals surface area contributed by atoms with E-state index >= 15 is 0 Å². The summed E-state index contributed by atoms with van der Waals surface area (Å²) < 4.78 is 40.1. The van der Waals surface area contributed by atoms with Crippen molar-refractivity contribution in [1.29, 1.82) is 0 Å². The molecule has 0 saturated heterocycles. The topological polar surface area (TPSA) is 128 Å². The van der Waals surface area contributed by atoms with Gasteiger partial charge in [-0.1, -0.05) is 0 Å². The van der Waals surface area contributed by atoms with E-state index in [9.17, 15) is 22.8 Å². The maximum atomic E-state index is 12.4. The normalized spacial score (nSPS) is 10.8. The molecule has 0 heterocycles. The van der Waals surface area contributed by atoms with Crippen molar-refractivity contribution < 1.29 is 37.0 Å². The van der Waals surface area contributed by atoms with Gasteiger partial charge in [0, 0.05) is 18.7 Å². The van der Waals surface area contributed by atoms with Gasteiger partial charge in [-0.3, -0.25) is 9.10 Å². The van der Waals surface area contributed by atoms with E-state index in [2.05, 4.69) is 14.8 Å². The minimum absolute atomic E-state index is 0.00180. The van der Waals surface area contributed by atoms with Crippen molar-refractivity contribution in [1.82, 2.24) is 0 Å². The molecule has 1 amide bonds. The van der Waals surface area contributed by atoms with Crippen LogP contribution < -0.4 is 14.4 Å². The van der Waals surface area contributed by atoms with E-state index in [-0.39, 0.29) is 36.2 Å². The Morgan fingerprint density at radius 2 is 1.45 bits per heavy atom. The highest BCUT2D eigenvalue weighted by Gasteiger charge is 2.19. The summed E-state index contributed by atoms with van der Waals surface area (Å²) in [6.45, 7) is 0.0776. The lowest BCUT2D eigenvalue weighted by Gasteiger charge is -2.22. The summed E-state index contributed by atoms with van der Waals surface area (Å²) in [5.41, 5.74) is 0.794. The van der Waals surface area contributed by atoms with Crippen LogP contribution in [0.5, 0.6) is 5.75 Å². The molecule has 0 fully saturated rings. The lowest BCUT2D eigenvalue weighted by Crippen LogP contribution is -2.31. The SMILES string of the molecule is COC(=O)c1cc(NC(=O)CCCN(c2ccc(OC)cc2)S(C)(=O)=O)cc(C(=O)OC)c1. The van der Waals surface area contributed by atoms with E-state index in [0.29, 0.717) is 11.4 Å². The summed E-state index contributed by atoms with van der Waals surface area (Å²) in [7, 11) is 0.331. The molecule has 2 rings (SSSR count). The van der Waals surface area contributed by atoms with Gasteiger partial charge in [0.15, 0.2) is 0 Å². The van der Waals surface area contributed by atoms with Crippen LogP contribution in [0.15, 0.2) is 42.5 Å². The predicted molar refractivity (Wildman–Crippen MR) is 122 cm³/mol. The molecule has 0 atom stereocenters. The van der Waals surface area contributed by atoms with E-state index in [4.69, 9.17) is 4.74 Å². The minimum Gasteiger partial charge on any atom is -0.497 e. The van der Waals surface area contributed by atoms with Gasteiger partial charge in [0.2, 0.25) is 15.9 Å². The Bertz CT molecular complexity index is 1080. The van der Waals surface area contributed by atoms with Crippen molar-refractivity contribution in [2.75, 3.05) is 43.8 Å². The molecule has 0 aliphatic heterocycles. The fraction of sp³-hybridized carbons (Fsp3) is 0.318. The summed E-state index contributed by atoms with van der Waals surface area (Å²) in [6, 6.07) is 10.6. The van der Waals surface area contributed by atoms with Crippen molar-refractivity contribution in [2.45, 2.75) is 12.8 Å². The zero-order valence-corrected chi connectivity index (χ0v) is 19.6. The zero-order chi connectivity index (χ0) is 24.6. The molecular weight excluding hydrogens is 452 g/mol. The first-order valence-corrected chi connectivity index (χ1v) is 11.7. The number of benzene rings is 2. The number of esters is 2. The number of methoxy groups -OCH3 is 3. The maximum Gasteiger partial charge on any atom is 0.337 e. The van der Waals surface area contributed by atoms with Crippen molar-refractivity contribution >= 4 is 39.2 Å². The third-order valence-corrected chi connectivity index (χ3v) is 5.78. The molecule has 178 valence electrons.